The van der Waals surface area contributed by atoms with Crippen LogP contribution in [0.1, 0.15) is 12.8 Å². The summed E-state index contributed by atoms with van der Waals surface area (Å²) in [5, 5.41) is 12.5. The van der Waals surface area contributed by atoms with Crippen LogP contribution in [0.15, 0.2) is 0 Å². The lowest BCUT2D eigenvalue weighted by atomic mass is 10.0. The van der Waals surface area contributed by atoms with Gasteiger partial charge in [0.15, 0.2) is 0 Å². The van der Waals surface area contributed by atoms with Crippen molar-refractivity contribution in [3.05, 3.63) is 0 Å². The molecule has 2 rings (SSSR count). The van der Waals surface area contributed by atoms with Gasteiger partial charge in [-0.05, 0) is 25.9 Å². The Kier molecular flexibility index (Phi) is 2.63. The molecule has 2 N–H and O–H groups in total. The molecule has 2 unspecified atom stereocenters. The highest BCUT2D eigenvalue weighted by Gasteiger charge is 2.32. The fourth-order valence-corrected chi connectivity index (χ4v) is 2.41. The van der Waals surface area contributed by atoms with Gasteiger partial charge in [-0.25, -0.2) is 0 Å². The summed E-state index contributed by atoms with van der Waals surface area (Å²) in [6, 6.07) is 0.609. The van der Waals surface area contributed by atoms with Crippen LogP contribution >= 0.6 is 0 Å². The summed E-state index contributed by atoms with van der Waals surface area (Å²) in [4.78, 5) is 2.53. The van der Waals surface area contributed by atoms with E-state index in [1.807, 2.05) is 0 Å². The molecule has 2 saturated heterocycles. The minimum atomic E-state index is 0.341. The van der Waals surface area contributed by atoms with Crippen molar-refractivity contribution in [3.63, 3.8) is 0 Å². The third-order valence-corrected chi connectivity index (χ3v) is 3.15. The molecule has 3 nitrogen and oxygen atoms in total. The fraction of sp³-hybridized carbons (Fsp3) is 1.00. The molecule has 0 aromatic heterocycles. The first-order valence-electron chi connectivity index (χ1n) is 4.97. The molecule has 2 atom stereocenters. The summed E-state index contributed by atoms with van der Waals surface area (Å²) >= 11 is 0. The summed E-state index contributed by atoms with van der Waals surface area (Å²) in [6.45, 7) is 4.89. The minimum absolute atomic E-state index is 0.341. The average Bonchev–Trinajstić information content (AvgIpc) is 2.74. The first kappa shape index (κ1) is 8.48. The van der Waals surface area contributed by atoms with Crippen molar-refractivity contribution in [1.82, 2.24) is 10.2 Å². The van der Waals surface area contributed by atoms with Crippen LogP contribution in [0.2, 0.25) is 0 Å². The monoisotopic (exact) mass is 170 g/mol. The first-order chi connectivity index (χ1) is 5.92. The van der Waals surface area contributed by atoms with Gasteiger partial charge in [0.05, 0.1) is 0 Å². The summed E-state index contributed by atoms with van der Waals surface area (Å²) < 4.78 is 0. The number of rotatable bonds is 2. The second-order valence-electron chi connectivity index (χ2n) is 3.91. The standard InChI is InChI=1S/C9H18N2O/c12-7-8-5-10-6-9(8)11-3-1-2-4-11/h8-10,12H,1-7H2. The highest BCUT2D eigenvalue weighted by atomic mass is 16.3. The molecule has 0 radical (unpaired) electrons. The molecule has 0 bridgehead atoms. The van der Waals surface area contributed by atoms with E-state index in [2.05, 4.69) is 10.2 Å². The predicted molar refractivity (Wildman–Crippen MR) is 48.0 cm³/mol. The largest absolute Gasteiger partial charge is 0.396 e. The number of nitrogens with zero attached hydrogens (tertiary/aromatic N) is 1. The van der Waals surface area contributed by atoms with E-state index in [0.29, 0.717) is 18.6 Å². The van der Waals surface area contributed by atoms with Crippen LogP contribution in [-0.4, -0.2) is 48.8 Å². The zero-order chi connectivity index (χ0) is 8.39. The summed E-state index contributed by atoms with van der Waals surface area (Å²) in [7, 11) is 0. The quantitative estimate of drug-likeness (QED) is 0.595. The maximum Gasteiger partial charge on any atom is 0.0486 e. The molecule has 12 heavy (non-hydrogen) atoms. The van der Waals surface area contributed by atoms with Crippen molar-refractivity contribution in [3.8, 4) is 0 Å². The molecule has 2 aliphatic rings. The van der Waals surface area contributed by atoms with Gasteiger partial charge in [0.2, 0.25) is 0 Å². The highest BCUT2D eigenvalue weighted by molar-refractivity contribution is 4.89. The van der Waals surface area contributed by atoms with E-state index in [1.54, 1.807) is 0 Å². The van der Waals surface area contributed by atoms with Crippen molar-refractivity contribution in [1.29, 1.82) is 0 Å². The van der Waals surface area contributed by atoms with Crippen LogP contribution < -0.4 is 5.32 Å². The minimum Gasteiger partial charge on any atom is -0.396 e. The molecule has 3 heteroatoms. The van der Waals surface area contributed by atoms with Crippen LogP contribution in [0.4, 0.5) is 0 Å². The number of nitrogens with one attached hydrogen (secondary N) is 1. The van der Waals surface area contributed by atoms with Crippen molar-refractivity contribution in [2.45, 2.75) is 18.9 Å². The van der Waals surface area contributed by atoms with Crippen LogP contribution in [-0.2, 0) is 0 Å². The molecule has 0 amide bonds. The smallest absolute Gasteiger partial charge is 0.0486 e. The van der Waals surface area contributed by atoms with Gasteiger partial charge in [0.1, 0.15) is 0 Å². The Balaban J connectivity index is 1.92. The van der Waals surface area contributed by atoms with Crippen LogP contribution in [0.5, 0.6) is 0 Å². The Hall–Kier alpha value is -0.120. The Labute approximate surface area is 73.8 Å². The molecular formula is C9H18N2O. The molecule has 0 aliphatic carbocycles. The van der Waals surface area contributed by atoms with Gasteiger partial charge in [-0.2, -0.15) is 0 Å². The van der Waals surface area contributed by atoms with Crippen molar-refractivity contribution in [2.24, 2.45) is 5.92 Å². The summed E-state index contributed by atoms with van der Waals surface area (Å²) in [5.41, 5.74) is 0. The van der Waals surface area contributed by atoms with E-state index < -0.39 is 0 Å². The number of hydrogen-bond acceptors (Lipinski definition) is 3. The highest BCUT2D eigenvalue weighted by Crippen LogP contribution is 2.20. The lowest BCUT2D eigenvalue weighted by molar-refractivity contribution is 0.149. The van der Waals surface area contributed by atoms with Gasteiger partial charge in [0.25, 0.3) is 0 Å². The fourth-order valence-electron chi connectivity index (χ4n) is 2.41. The molecule has 0 saturated carbocycles. The Morgan fingerprint density at radius 2 is 2.00 bits per heavy atom. The maximum absolute atomic E-state index is 9.13. The van der Waals surface area contributed by atoms with Crippen molar-refractivity contribution in [2.75, 3.05) is 32.8 Å². The van der Waals surface area contributed by atoms with Gasteiger partial charge in [-0.1, -0.05) is 0 Å². The molecule has 0 spiro atoms. The lowest BCUT2D eigenvalue weighted by Crippen LogP contribution is -2.39. The zero-order valence-electron chi connectivity index (χ0n) is 7.50. The second kappa shape index (κ2) is 3.73. The zero-order valence-corrected chi connectivity index (χ0v) is 7.50. The molecule has 2 aliphatic heterocycles. The molecular weight excluding hydrogens is 152 g/mol. The topological polar surface area (TPSA) is 35.5 Å². The summed E-state index contributed by atoms with van der Waals surface area (Å²) in [6.07, 6.45) is 2.68. The number of likely N-dealkylation sites (tertiary alicyclic amines) is 1. The SMILES string of the molecule is OCC1CNCC1N1CCCC1. The average molecular weight is 170 g/mol. The van der Waals surface area contributed by atoms with E-state index in [9.17, 15) is 0 Å². The third kappa shape index (κ3) is 1.49. The van der Waals surface area contributed by atoms with Crippen molar-refractivity contribution < 1.29 is 5.11 Å². The van der Waals surface area contributed by atoms with Gasteiger partial charge in [-0.15, -0.1) is 0 Å². The van der Waals surface area contributed by atoms with Crippen LogP contribution in [0.3, 0.4) is 0 Å². The van der Waals surface area contributed by atoms with Crippen LogP contribution in [0.25, 0.3) is 0 Å². The second-order valence-corrected chi connectivity index (χ2v) is 3.91. The van der Waals surface area contributed by atoms with Gasteiger partial charge >= 0.3 is 0 Å². The molecule has 70 valence electrons. The molecule has 2 fully saturated rings. The first-order valence-corrected chi connectivity index (χ1v) is 4.97. The maximum atomic E-state index is 9.13. The van der Waals surface area contributed by atoms with Gasteiger partial charge in [0, 0.05) is 31.7 Å². The van der Waals surface area contributed by atoms with E-state index in [1.165, 1.54) is 25.9 Å². The van der Waals surface area contributed by atoms with Gasteiger partial charge in [-0.3, -0.25) is 4.90 Å². The predicted octanol–water partition coefficient (Wildman–Crippen LogP) is -0.337. The molecule has 0 aromatic carbocycles. The third-order valence-electron chi connectivity index (χ3n) is 3.15. The van der Waals surface area contributed by atoms with Crippen molar-refractivity contribution >= 4 is 0 Å². The lowest BCUT2D eigenvalue weighted by Gasteiger charge is -2.26. The van der Waals surface area contributed by atoms with E-state index in [-0.39, 0.29) is 0 Å². The Morgan fingerprint density at radius 3 is 2.67 bits per heavy atom. The van der Waals surface area contributed by atoms with E-state index in [0.717, 1.165) is 13.1 Å². The van der Waals surface area contributed by atoms with Gasteiger partial charge < -0.3 is 10.4 Å². The van der Waals surface area contributed by atoms with E-state index in [4.69, 9.17) is 5.11 Å². The molecule has 0 aromatic rings. The number of hydrogen-bond donors (Lipinski definition) is 2. The Bertz CT molecular complexity index is 145. The number of aliphatic hydroxyl groups excluding tert-OH is 1. The normalized spacial score (nSPS) is 37.8. The van der Waals surface area contributed by atoms with Crippen LogP contribution in [0, 0.1) is 5.92 Å². The van der Waals surface area contributed by atoms with E-state index >= 15 is 0 Å². The summed E-state index contributed by atoms with van der Waals surface area (Å²) in [5.74, 6) is 0.475. The molecule has 2 heterocycles. The Morgan fingerprint density at radius 1 is 1.25 bits per heavy atom. The number of aliphatic hydroxyl groups is 1.